The normalized spacial score (nSPS) is 11.9. The van der Waals surface area contributed by atoms with Gasteiger partial charge in [-0.3, -0.25) is 0 Å². The van der Waals surface area contributed by atoms with E-state index >= 15 is 0 Å². The smallest absolute Gasteiger partial charge is 0.0320 e. The van der Waals surface area contributed by atoms with Crippen LogP contribution < -0.4 is 5.73 Å². The van der Waals surface area contributed by atoms with Gasteiger partial charge in [-0.1, -0.05) is 66.7 Å². The van der Waals surface area contributed by atoms with E-state index in [1.807, 2.05) is 78.9 Å². The van der Waals surface area contributed by atoms with E-state index in [-0.39, 0.29) is 0 Å². The Balaban J connectivity index is 2.09. The number of hydrogen-bond donors (Lipinski definition) is 1. The second-order valence-corrected chi connectivity index (χ2v) is 3.80. The molecule has 0 amide bonds. The number of rotatable bonds is 3. The molecule has 0 saturated heterocycles. The highest BCUT2D eigenvalue weighted by molar-refractivity contribution is 5.60. The molecule has 84 valence electrons. The zero-order valence-corrected chi connectivity index (χ0v) is 9.58. The molecule has 0 unspecified atom stereocenters. The van der Waals surface area contributed by atoms with E-state index in [0.717, 1.165) is 16.8 Å². The van der Waals surface area contributed by atoms with Crippen molar-refractivity contribution in [3.8, 4) is 0 Å². The Labute approximate surface area is 102 Å². The van der Waals surface area contributed by atoms with Gasteiger partial charge in [-0.05, 0) is 23.3 Å². The molecule has 0 aliphatic heterocycles. The second kappa shape index (κ2) is 5.71. The average Bonchev–Trinajstić information content (AvgIpc) is 2.39. The molecule has 17 heavy (non-hydrogen) atoms. The van der Waals surface area contributed by atoms with Crippen LogP contribution in [0.15, 0.2) is 72.4 Å². The average molecular weight is 221 g/mol. The molecule has 0 aliphatic rings. The molecule has 1 nitrogen and oxygen atoms in total. The topological polar surface area (TPSA) is 26.0 Å². The Bertz CT molecular complexity index is 510. The van der Waals surface area contributed by atoms with Crippen molar-refractivity contribution >= 4 is 12.2 Å². The van der Waals surface area contributed by atoms with E-state index < -0.39 is 0 Å². The van der Waals surface area contributed by atoms with E-state index in [9.17, 15) is 0 Å². The summed E-state index contributed by atoms with van der Waals surface area (Å²) in [6, 6.07) is 20.2. The molecule has 2 aromatic carbocycles. The van der Waals surface area contributed by atoms with Gasteiger partial charge in [-0.15, -0.1) is 0 Å². The summed E-state index contributed by atoms with van der Waals surface area (Å²) in [4.78, 5) is 0. The first-order valence-electron chi connectivity index (χ1n) is 5.60. The van der Waals surface area contributed by atoms with Crippen LogP contribution in [0.5, 0.6) is 0 Å². The maximum Gasteiger partial charge on any atom is 0.0320 e. The first-order valence-corrected chi connectivity index (χ1v) is 5.60. The zero-order chi connectivity index (χ0) is 11.9. The van der Waals surface area contributed by atoms with Gasteiger partial charge in [0.1, 0.15) is 0 Å². The summed E-state index contributed by atoms with van der Waals surface area (Å²) in [7, 11) is 0. The monoisotopic (exact) mass is 221 g/mol. The Morgan fingerprint density at radius 1 is 0.765 bits per heavy atom. The number of benzene rings is 2. The second-order valence-electron chi connectivity index (χ2n) is 3.80. The molecule has 0 spiro atoms. The van der Waals surface area contributed by atoms with Crippen LogP contribution in [0.2, 0.25) is 0 Å². The van der Waals surface area contributed by atoms with Crippen LogP contribution >= 0.6 is 0 Å². The van der Waals surface area contributed by atoms with Crippen LogP contribution in [0.1, 0.15) is 11.1 Å². The fraction of sp³-hybridized carbons (Fsp3) is 0. The van der Waals surface area contributed by atoms with E-state index in [1.54, 1.807) is 0 Å². The lowest BCUT2D eigenvalue weighted by atomic mass is 10.1. The largest absolute Gasteiger partial charge is 0.399 e. The number of hydrogen-bond acceptors (Lipinski definition) is 1. The predicted molar refractivity (Wildman–Crippen MR) is 74.1 cm³/mol. The molecule has 0 saturated carbocycles. The minimum atomic E-state index is 0.750. The summed E-state index contributed by atoms with van der Waals surface area (Å²) < 4.78 is 0. The first kappa shape index (κ1) is 11.2. The van der Waals surface area contributed by atoms with Crippen molar-refractivity contribution in [3.63, 3.8) is 0 Å². The molecule has 0 bridgehead atoms. The summed E-state index contributed by atoms with van der Waals surface area (Å²) in [5.74, 6) is 0. The van der Waals surface area contributed by atoms with Gasteiger partial charge >= 0.3 is 0 Å². The third kappa shape index (κ3) is 3.65. The van der Waals surface area contributed by atoms with Gasteiger partial charge in [0.15, 0.2) is 0 Å². The van der Waals surface area contributed by atoms with Crippen molar-refractivity contribution in [2.75, 3.05) is 0 Å². The molecule has 0 heterocycles. The molecular weight excluding hydrogens is 206 g/mol. The Hall–Kier alpha value is -2.28. The number of allylic oxidation sites excluding steroid dienone is 1. The summed E-state index contributed by atoms with van der Waals surface area (Å²) in [5.41, 5.74) is 8.94. The quantitative estimate of drug-likeness (QED) is 0.786. The van der Waals surface area contributed by atoms with Crippen LogP contribution in [0.3, 0.4) is 0 Å². The molecule has 0 fully saturated rings. The highest BCUT2D eigenvalue weighted by Crippen LogP contribution is 2.06. The van der Waals surface area contributed by atoms with Crippen LogP contribution in [0.25, 0.3) is 12.2 Å². The summed E-state index contributed by atoms with van der Waals surface area (Å²) in [6.45, 7) is 0. The molecule has 2 N–H and O–H groups in total. The summed E-state index contributed by atoms with van der Waals surface area (Å²) in [6.07, 6.45) is 5.89. The lowest BCUT2D eigenvalue weighted by molar-refractivity contribution is 1.46. The molecular formula is C16H15N. The molecule has 2 aromatic rings. The molecule has 0 aliphatic carbocycles. The predicted octanol–water partition coefficient (Wildman–Crippen LogP) is 3.70. The standard InChI is InChI=1S/C16H15N/c17-16(13-15-9-5-2-6-10-15)12-11-14-7-3-1-4-8-14/h1-13H,17H2. The van der Waals surface area contributed by atoms with E-state index in [0.29, 0.717) is 0 Å². The Morgan fingerprint density at radius 2 is 1.29 bits per heavy atom. The van der Waals surface area contributed by atoms with E-state index in [4.69, 9.17) is 5.73 Å². The zero-order valence-electron chi connectivity index (χ0n) is 9.58. The van der Waals surface area contributed by atoms with Gasteiger partial charge in [-0.25, -0.2) is 0 Å². The number of nitrogens with two attached hydrogens (primary N) is 1. The van der Waals surface area contributed by atoms with Crippen LogP contribution in [0, 0.1) is 0 Å². The van der Waals surface area contributed by atoms with Crippen LogP contribution in [-0.4, -0.2) is 0 Å². The van der Waals surface area contributed by atoms with Gasteiger partial charge in [0.2, 0.25) is 0 Å². The lowest BCUT2D eigenvalue weighted by Gasteiger charge is -1.95. The Morgan fingerprint density at radius 3 is 1.88 bits per heavy atom. The maximum atomic E-state index is 5.93. The third-order valence-electron chi connectivity index (χ3n) is 2.40. The van der Waals surface area contributed by atoms with Gasteiger partial charge in [0.25, 0.3) is 0 Å². The fourth-order valence-electron chi connectivity index (χ4n) is 1.55. The molecule has 0 aromatic heterocycles. The lowest BCUT2D eigenvalue weighted by Crippen LogP contribution is -1.91. The van der Waals surface area contributed by atoms with Crippen molar-refractivity contribution < 1.29 is 0 Å². The third-order valence-corrected chi connectivity index (χ3v) is 2.40. The van der Waals surface area contributed by atoms with Crippen molar-refractivity contribution in [3.05, 3.63) is 83.6 Å². The molecule has 2 rings (SSSR count). The van der Waals surface area contributed by atoms with Gasteiger partial charge in [-0.2, -0.15) is 0 Å². The summed E-state index contributed by atoms with van der Waals surface area (Å²) >= 11 is 0. The minimum Gasteiger partial charge on any atom is -0.399 e. The van der Waals surface area contributed by atoms with E-state index in [1.165, 1.54) is 0 Å². The van der Waals surface area contributed by atoms with Crippen molar-refractivity contribution in [1.82, 2.24) is 0 Å². The van der Waals surface area contributed by atoms with Crippen LogP contribution in [-0.2, 0) is 0 Å². The van der Waals surface area contributed by atoms with Gasteiger partial charge in [0.05, 0.1) is 0 Å². The van der Waals surface area contributed by atoms with Gasteiger partial charge < -0.3 is 5.73 Å². The SMILES string of the molecule is NC(C=Cc1ccccc1)=Cc1ccccc1. The van der Waals surface area contributed by atoms with E-state index in [2.05, 4.69) is 0 Å². The minimum absolute atomic E-state index is 0.750. The highest BCUT2D eigenvalue weighted by Gasteiger charge is 1.87. The van der Waals surface area contributed by atoms with Crippen molar-refractivity contribution in [2.24, 2.45) is 5.73 Å². The van der Waals surface area contributed by atoms with Crippen LogP contribution in [0.4, 0.5) is 0 Å². The van der Waals surface area contributed by atoms with Crippen molar-refractivity contribution in [2.45, 2.75) is 0 Å². The summed E-state index contributed by atoms with van der Waals surface area (Å²) in [5, 5.41) is 0. The van der Waals surface area contributed by atoms with Crippen molar-refractivity contribution in [1.29, 1.82) is 0 Å². The fourth-order valence-corrected chi connectivity index (χ4v) is 1.55. The highest BCUT2D eigenvalue weighted by atomic mass is 14.5. The molecule has 1 heteroatoms. The first-order chi connectivity index (χ1) is 8.34. The Kier molecular flexibility index (Phi) is 3.77. The molecule has 0 radical (unpaired) electrons. The molecule has 0 atom stereocenters. The van der Waals surface area contributed by atoms with Gasteiger partial charge in [0, 0.05) is 5.70 Å². The maximum absolute atomic E-state index is 5.93.